The number of nitro benzene ring substituents is 1. The Morgan fingerprint density at radius 2 is 2.06 bits per heavy atom. The van der Waals surface area contributed by atoms with Crippen molar-refractivity contribution < 1.29 is 19.6 Å². The van der Waals surface area contributed by atoms with Crippen molar-refractivity contribution in [2.24, 2.45) is 0 Å². The lowest BCUT2D eigenvalue weighted by Gasteiger charge is -2.07. The molecule has 0 aliphatic heterocycles. The molecule has 0 saturated carbocycles. The molecule has 17 heavy (non-hydrogen) atoms. The van der Waals surface area contributed by atoms with Gasteiger partial charge in [0.15, 0.2) is 0 Å². The molecule has 1 aromatic carbocycles. The predicted molar refractivity (Wildman–Crippen MR) is 62.1 cm³/mol. The van der Waals surface area contributed by atoms with Gasteiger partial charge in [-0.25, -0.2) is 4.79 Å². The summed E-state index contributed by atoms with van der Waals surface area (Å²) in [7, 11) is 0. The van der Waals surface area contributed by atoms with Gasteiger partial charge in [-0.2, -0.15) is 0 Å². The van der Waals surface area contributed by atoms with Gasteiger partial charge in [0, 0.05) is 17.5 Å². The zero-order valence-electron chi connectivity index (χ0n) is 8.56. The summed E-state index contributed by atoms with van der Waals surface area (Å²) in [5.74, 6) is -1.78. The van der Waals surface area contributed by atoms with Crippen LogP contribution in [0.25, 0.3) is 0 Å². The first kappa shape index (κ1) is 13.1. The minimum atomic E-state index is -1.29. The van der Waals surface area contributed by atoms with Crippen LogP contribution in [0.15, 0.2) is 16.6 Å². The molecule has 1 rings (SSSR count). The lowest BCUT2D eigenvalue weighted by molar-refractivity contribution is -0.384. The number of carboxylic acid groups (broad SMARTS) is 1. The van der Waals surface area contributed by atoms with Crippen molar-refractivity contribution in [1.29, 1.82) is 0 Å². The minimum Gasteiger partial charge on any atom is -0.478 e. The van der Waals surface area contributed by atoms with E-state index in [1.807, 2.05) is 0 Å². The second kappa shape index (κ2) is 4.91. The smallest absolute Gasteiger partial charge is 0.335 e. The lowest BCUT2D eigenvalue weighted by Crippen LogP contribution is -2.10. The molecule has 0 aromatic heterocycles. The van der Waals surface area contributed by atoms with Crippen molar-refractivity contribution in [2.75, 3.05) is 5.32 Å². The zero-order valence-corrected chi connectivity index (χ0v) is 10.1. The van der Waals surface area contributed by atoms with Gasteiger partial charge >= 0.3 is 5.97 Å². The monoisotopic (exact) mass is 302 g/mol. The summed E-state index contributed by atoms with van der Waals surface area (Å²) >= 11 is 2.98. The molecule has 1 aromatic rings. The summed E-state index contributed by atoms with van der Waals surface area (Å²) in [6.07, 6.45) is 0. The summed E-state index contributed by atoms with van der Waals surface area (Å²) in [5, 5.41) is 21.8. The molecule has 0 unspecified atom stereocenters. The van der Waals surface area contributed by atoms with Gasteiger partial charge in [-0.15, -0.1) is 0 Å². The maximum absolute atomic E-state index is 10.9. The molecular weight excluding hydrogens is 296 g/mol. The maximum atomic E-state index is 10.9. The number of nitrogens with one attached hydrogen (secondary N) is 1. The lowest BCUT2D eigenvalue weighted by atomic mass is 10.1. The van der Waals surface area contributed by atoms with Crippen LogP contribution in [0.2, 0.25) is 0 Å². The number of rotatable bonds is 3. The van der Waals surface area contributed by atoms with Gasteiger partial charge in [-0.1, -0.05) is 0 Å². The average molecular weight is 303 g/mol. The van der Waals surface area contributed by atoms with Crippen molar-refractivity contribution in [2.45, 2.75) is 6.92 Å². The topological polar surface area (TPSA) is 110 Å². The highest BCUT2D eigenvalue weighted by Gasteiger charge is 2.21. The average Bonchev–Trinajstić information content (AvgIpc) is 2.19. The SMILES string of the molecule is CC(=O)Nc1c(Br)cc(C(=O)O)cc1[N+](=O)[O-]. The van der Waals surface area contributed by atoms with Crippen molar-refractivity contribution in [1.82, 2.24) is 0 Å². The Kier molecular flexibility index (Phi) is 3.79. The van der Waals surface area contributed by atoms with Gasteiger partial charge in [0.1, 0.15) is 5.69 Å². The normalized spacial score (nSPS) is 9.76. The van der Waals surface area contributed by atoms with Crippen LogP contribution in [0.3, 0.4) is 0 Å². The van der Waals surface area contributed by atoms with E-state index < -0.39 is 22.5 Å². The molecule has 7 nitrogen and oxygen atoms in total. The van der Waals surface area contributed by atoms with E-state index in [9.17, 15) is 19.7 Å². The Labute approximate surface area is 104 Å². The summed E-state index contributed by atoms with van der Waals surface area (Å²) in [6.45, 7) is 1.20. The van der Waals surface area contributed by atoms with Gasteiger partial charge < -0.3 is 10.4 Å². The van der Waals surface area contributed by atoms with Gasteiger partial charge in [-0.05, 0) is 22.0 Å². The van der Waals surface area contributed by atoms with E-state index in [4.69, 9.17) is 5.11 Å². The van der Waals surface area contributed by atoms with E-state index in [2.05, 4.69) is 21.2 Å². The summed E-state index contributed by atoms with van der Waals surface area (Å²) < 4.78 is 0.138. The highest BCUT2D eigenvalue weighted by Crippen LogP contribution is 2.34. The number of aromatic carboxylic acids is 1. The summed E-state index contributed by atoms with van der Waals surface area (Å²) in [6, 6.07) is 2.07. The number of halogens is 1. The fraction of sp³-hybridized carbons (Fsp3) is 0.111. The number of nitro groups is 1. The van der Waals surface area contributed by atoms with Gasteiger partial charge in [-0.3, -0.25) is 14.9 Å². The minimum absolute atomic E-state index is 0.0625. The molecule has 0 aliphatic carbocycles. The molecule has 0 aliphatic rings. The summed E-state index contributed by atoms with van der Waals surface area (Å²) in [4.78, 5) is 31.6. The zero-order chi connectivity index (χ0) is 13.2. The molecule has 0 heterocycles. The number of carbonyl (C=O) groups excluding carboxylic acids is 1. The third-order valence-electron chi connectivity index (χ3n) is 1.81. The molecule has 0 radical (unpaired) electrons. The first-order chi connectivity index (χ1) is 7.82. The Bertz CT molecular complexity index is 514. The highest BCUT2D eigenvalue weighted by atomic mass is 79.9. The molecule has 0 spiro atoms. The highest BCUT2D eigenvalue weighted by molar-refractivity contribution is 9.10. The number of hydrogen-bond acceptors (Lipinski definition) is 4. The first-order valence-corrected chi connectivity index (χ1v) is 5.11. The number of benzene rings is 1. The van der Waals surface area contributed by atoms with Crippen LogP contribution in [0, 0.1) is 10.1 Å². The van der Waals surface area contributed by atoms with Gasteiger partial charge in [0.05, 0.1) is 10.5 Å². The second-order valence-electron chi connectivity index (χ2n) is 3.10. The predicted octanol–water partition coefficient (Wildman–Crippen LogP) is 2.01. The van der Waals surface area contributed by atoms with Crippen LogP contribution in [-0.4, -0.2) is 21.9 Å². The van der Waals surface area contributed by atoms with Gasteiger partial charge in [0.25, 0.3) is 5.69 Å². The molecule has 2 N–H and O–H groups in total. The Balaban J connectivity index is 3.43. The first-order valence-electron chi connectivity index (χ1n) is 4.31. The van der Waals surface area contributed by atoms with E-state index in [0.29, 0.717) is 0 Å². The molecular formula is C9H7BrN2O5. The van der Waals surface area contributed by atoms with Crippen LogP contribution in [0.5, 0.6) is 0 Å². The number of carboxylic acids is 1. The molecule has 0 bridgehead atoms. The fourth-order valence-electron chi connectivity index (χ4n) is 1.16. The Morgan fingerprint density at radius 1 is 1.47 bits per heavy atom. The number of hydrogen-bond donors (Lipinski definition) is 2. The standard InChI is InChI=1S/C9H7BrN2O5/c1-4(13)11-8-6(10)2-5(9(14)15)3-7(8)12(16)17/h2-3H,1H3,(H,11,13)(H,14,15). The van der Waals surface area contributed by atoms with Crippen LogP contribution >= 0.6 is 15.9 Å². The molecule has 0 saturated heterocycles. The van der Waals surface area contributed by atoms with Crippen LogP contribution < -0.4 is 5.32 Å². The molecule has 8 heteroatoms. The van der Waals surface area contributed by atoms with E-state index in [1.54, 1.807) is 0 Å². The number of amides is 1. The van der Waals surface area contributed by atoms with Crippen molar-refractivity contribution in [3.8, 4) is 0 Å². The molecule has 1 amide bonds. The number of nitrogens with zero attached hydrogens (tertiary/aromatic N) is 1. The molecule has 0 atom stereocenters. The van der Waals surface area contributed by atoms with E-state index in [1.165, 1.54) is 13.0 Å². The van der Waals surface area contributed by atoms with Crippen LogP contribution in [-0.2, 0) is 4.79 Å². The van der Waals surface area contributed by atoms with E-state index >= 15 is 0 Å². The fourth-order valence-corrected chi connectivity index (χ4v) is 1.71. The van der Waals surface area contributed by atoms with Gasteiger partial charge in [0.2, 0.25) is 5.91 Å². The largest absolute Gasteiger partial charge is 0.478 e. The summed E-state index contributed by atoms with van der Waals surface area (Å²) in [5.41, 5.74) is -0.780. The third-order valence-corrected chi connectivity index (χ3v) is 2.44. The Hall–Kier alpha value is -1.96. The van der Waals surface area contributed by atoms with E-state index in [0.717, 1.165) is 6.07 Å². The van der Waals surface area contributed by atoms with Crippen molar-refractivity contribution >= 4 is 39.2 Å². The number of carbonyl (C=O) groups is 2. The Morgan fingerprint density at radius 3 is 2.47 bits per heavy atom. The van der Waals surface area contributed by atoms with Crippen molar-refractivity contribution in [3.05, 3.63) is 32.3 Å². The molecule has 0 fully saturated rings. The molecule has 90 valence electrons. The quantitative estimate of drug-likeness (QED) is 0.655. The van der Waals surface area contributed by atoms with Crippen molar-refractivity contribution in [3.63, 3.8) is 0 Å². The number of anilines is 1. The third kappa shape index (κ3) is 3.00. The van der Waals surface area contributed by atoms with Crippen LogP contribution in [0.1, 0.15) is 17.3 Å². The second-order valence-corrected chi connectivity index (χ2v) is 3.95. The maximum Gasteiger partial charge on any atom is 0.335 e. The van der Waals surface area contributed by atoms with E-state index in [-0.39, 0.29) is 15.7 Å². The van der Waals surface area contributed by atoms with Crippen LogP contribution in [0.4, 0.5) is 11.4 Å².